The molecule has 210 valence electrons. The highest BCUT2D eigenvalue weighted by molar-refractivity contribution is 5.59. The molecule has 40 heavy (non-hydrogen) atoms. The van der Waals surface area contributed by atoms with Gasteiger partial charge < -0.3 is 19.8 Å². The van der Waals surface area contributed by atoms with Crippen molar-refractivity contribution in [1.29, 1.82) is 0 Å². The van der Waals surface area contributed by atoms with Crippen molar-refractivity contribution in [2.45, 2.75) is 46.0 Å². The Morgan fingerprint density at radius 3 is 2.42 bits per heavy atom. The van der Waals surface area contributed by atoms with Crippen molar-refractivity contribution in [3.8, 4) is 17.1 Å². The lowest BCUT2D eigenvalue weighted by Gasteiger charge is -2.10. The van der Waals surface area contributed by atoms with Crippen molar-refractivity contribution >= 4 is 18.1 Å². The van der Waals surface area contributed by atoms with Crippen LogP contribution in [-0.2, 0) is 4.79 Å². The number of ether oxygens (including phenoxy) is 1. The average Bonchev–Trinajstić information content (AvgIpc) is 3.60. The maximum absolute atomic E-state index is 14.5. The Kier molecular flexibility index (Phi) is 10.9. The lowest BCUT2D eigenvalue weighted by Crippen LogP contribution is -2.23. The van der Waals surface area contributed by atoms with E-state index in [2.05, 4.69) is 15.0 Å². The molecular weight excluding hydrogens is 519 g/mol. The molecule has 3 N–H and O–H groups in total. The summed E-state index contributed by atoms with van der Waals surface area (Å²) in [7, 11) is 0. The number of aromatic nitrogens is 3. The van der Waals surface area contributed by atoms with Crippen LogP contribution < -0.4 is 15.3 Å². The first-order valence-electron chi connectivity index (χ1n) is 12.8. The SMILES string of the molecule is C1CC1.CC(C)=c1cc[nH]/c1=C/C(F)=C/Oc1ccc(F)c(-c2ncc(C(C)c3ccccc3F)[nH]2)c1.O=CO. The van der Waals surface area contributed by atoms with E-state index in [4.69, 9.17) is 14.6 Å². The van der Waals surface area contributed by atoms with Crippen LogP contribution in [0, 0.1) is 11.6 Å². The minimum absolute atomic E-state index is 0.158. The first-order valence-corrected chi connectivity index (χ1v) is 12.8. The van der Waals surface area contributed by atoms with Crippen molar-refractivity contribution in [2.75, 3.05) is 0 Å². The van der Waals surface area contributed by atoms with Gasteiger partial charge in [0, 0.05) is 35.4 Å². The minimum atomic E-state index is -0.602. The van der Waals surface area contributed by atoms with Gasteiger partial charge in [-0.15, -0.1) is 0 Å². The lowest BCUT2D eigenvalue weighted by atomic mass is 9.98. The fraction of sp³-hybridized carbons (Fsp3) is 0.226. The number of aromatic amines is 2. The number of rotatable bonds is 6. The van der Waals surface area contributed by atoms with Crippen molar-refractivity contribution in [3.63, 3.8) is 0 Å². The van der Waals surface area contributed by atoms with E-state index >= 15 is 0 Å². The molecule has 1 fully saturated rings. The predicted octanol–water partition coefficient (Wildman–Crippen LogP) is 6.57. The zero-order valence-electron chi connectivity index (χ0n) is 22.5. The topological polar surface area (TPSA) is 91.0 Å². The van der Waals surface area contributed by atoms with Crippen LogP contribution >= 0.6 is 0 Å². The van der Waals surface area contributed by atoms with Gasteiger partial charge in [-0.2, -0.15) is 0 Å². The Morgan fingerprint density at radius 1 is 1.07 bits per heavy atom. The van der Waals surface area contributed by atoms with Crippen molar-refractivity contribution < 1.29 is 27.8 Å². The van der Waals surface area contributed by atoms with Crippen LogP contribution in [0.3, 0.4) is 0 Å². The number of hydrogen-bond acceptors (Lipinski definition) is 3. The number of allylic oxidation sites excluding steroid dienone is 1. The average molecular weight is 552 g/mol. The molecule has 2 aromatic carbocycles. The van der Waals surface area contributed by atoms with Gasteiger partial charge in [0.05, 0.1) is 5.56 Å². The standard InChI is InChI=1S/C27H24F3N3O.C3H6.CH2O2/c1-16(2)20-10-11-31-25(20)12-18(28)15-34-19-8-9-24(30)22(13-19)27-32-14-26(33-27)17(3)21-6-4-5-7-23(21)29;1-2-3-1;2-1-3/h4-15,17,31H,1-3H3,(H,32,33);1-3H2;1H,(H,2,3)/b18-15-,25-12+;;. The maximum Gasteiger partial charge on any atom is 0.290 e. The molecule has 6 nitrogen and oxygen atoms in total. The first kappa shape index (κ1) is 30.0. The summed E-state index contributed by atoms with van der Waals surface area (Å²) in [6, 6.07) is 12.4. The van der Waals surface area contributed by atoms with Gasteiger partial charge in [-0.3, -0.25) is 4.79 Å². The Hall–Kier alpha value is -4.53. The fourth-order valence-electron chi connectivity index (χ4n) is 3.68. The number of carboxylic acid groups (broad SMARTS) is 1. The smallest absolute Gasteiger partial charge is 0.290 e. The molecule has 9 heteroatoms. The van der Waals surface area contributed by atoms with Gasteiger partial charge >= 0.3 is 0 Å². The number of H-pyrrole nitrogens is 2. The quantitative estimate of drug-likeness (QED) is 0.187. The molecule has 4 aromatic rings. The molecule has 0 bridgehead atoms. The second kappa shape index (κ2) is 14.6. The summed E-state index contributed by atoms with van der Waals surface area (Å²) in [5.74, 6) is -1.24. The minimum Gasteiger partial charge on any atom is -0.483 e. The van der Waals surface area contributed by atoms with E-state index < -0.39 is 11.6 Å². The highest BCUT2D eigenvalue weighted by Gasteiger charge is 2.17. The number of carbonyl (C=O) groups is 1. The Balaban J connectivity index is 0.000000662. The zero-order chi connectivity index (χ0) is 29.1. The second-order valence-corrected chi connectivity index (χ2v) is 9.31. The monoisotopic (exact) mass is 551 g/mol. The number of nitrogens with zero attached hydrogens (tertiary/aromatic N) is 1. The largest absolute Gasteiger partial charge is 0.483 e. The molecular formula is C31H32F3N3O3. The molecule has 1 atom stereocenters. The van der Waals surface area contributed by atoms with Crippen molar-refractivity contribution in [1.82, 2.24) is 15.0 Å². The van der Waals surface area contributed by atoms with Gasteiger partial charge in [-0.1, -0.05) is 50.0 Å². The summed E-state index contributed by atoms with van der Waals surface area (Å²) in [6.45, 7) is 5.47. The van der Waals surface area contributed by atoms with E-state index in [-0.39, 0.29) is 35.3 Å². The Morgan fingerprint density at radius 2 is 1.77 bits per heavy atom. The molecule has 0 amide bonds. The van der Waals surface area contributed by atoms with Gasteiger partial charge in [0.25, 0.3) is 6.47 Å². The van der Waals surface area contributed by atoms with Gasteiger partial charge in [0.15, 0.2) is 5.83 Å². The van der Waals surface area contributed by atoms with E-state index in [9.17, 15) is 13.2 Å². The van der Waals surface area contributed by atoms with E-state index in [1.807, 2.05) is 26.8 Å². The number of nitrogens with one attached hydrogen (secondary N) is 2. The van der Waals surface area contributed by atoms with Crippen molar-refractivity contribution in [2.24, 2.45) is 0 Å². The molecule has 2 aromatic heterocycles. The van der Waals surface area contributed by atoms with E-state index in [0.717, 1.165) is 17.1 Å². The summed E-state index contributed by atoms with van der Waals surface area (Å²) >= 11 is 0. The third kappa shape index (κ3) is 8.49. The van der Waals surface area contributed by atoms with Crippen LogP contribution in [0.15, 0.2) is 73.0 Å². The summed E-state index contributed by atoms with van der Waals surface area (Å²) in [5, 5.41) is 8.43. The Labute approximate surface area is 230 Å². The van der Waals surface area contributed by atoms with Gasteiger partial charge in [-0.25, -0.2) is 18.2 Å². The number of imidazole rings is 1. The lowest BCUT2D eigenvalue weighted by molar-refractivity contribution is -0.122. The van der Waals surface area contributed by atoms with E-state index in [1.54, 1.807) is 30.6 Å². The van der Waals surface area contributed by atoms with Crippen molar-refractivity contribution in [3.05, 3.63) is 106 Å². The molecule has 5 rings (SSSR count). The fourth-order valence-corrected chi connectivity index (χ4v) is 3.68. The van der Waals surface area contributed by atoms with Gasteiger partial charge in [0.2, 0.25) is 0 Å². The number of halogens is 3. The zero-order valence-corrected chi connectivity index (χ0v) is 22.5. The van der Waals surface area contributed by atoms with E-state index in [1.165, 1.54) is 49.6 Å². The Bertz CT molecular complexity index is 1560. The predicted molar refractivity (Wildman–Crippen MR) is 150 cm³/mol. The molecule has 0 spiro atoms. The summed E-state index contributed by atoms with van der Waals surface area (Å²) in [6.07, 6.45) is 10.1. The van der Waals surface area contributed by atoms with Crippen LogP contribution in [0.2, 0.25) is 0 Å². The molecule has 1 aliphatic carbocycles. The van der Waals surface area contributed by atoms with Crippen LogP contribution in [0.4, 0.5) is 13.2 Å². The second-order valence-electron chi connectivity index (χ2n) is 9.31. The van der Waals surface area contributed by atoms with Crippen LogP contribution in [-0.4, -0.2) is 26.5 Å². The number of hydrogen-bond donors (Lipinski definition) is 3. The van der Waals surface area contributed by atoms with Crippen LogP contribution in [0.1, 0.15) is 57.2 Å². The van der Waals surface area contributed by atoms with E-state index in [0.29, 0.717) is 16.6 Å². The maximum atomic E-state index is 14.5. The summed E-state index contributed by atoms with van der Waals surface area (Å²) in [5.41, 5.74) is 2.35. The molecule has 1 saturated carbocycles. The highest BCUT2D eigenvalue weighted by Crippen LogP contribution is 2.29. The third-order valence-corrected chi connectivity index (χ3v) is 5.89. The van der Waals surface area contributed by atoms with Gasteiger partial charge in [0.1, 0.15) is 29.5 Å². The molecule has 1 aliphatic rings. The molecule has 0 radical (unpaired) electrons. The molecule has 0 aliphatic heterocycles. The summed E-state index contributed by atoms with van der Waals surface area (Å²) in [4.78, 5) is 18.7. The molecule has 2 heterocycles. The first-order chi connectivity index (χ1) is 19.2. The van der Waals surface area contributed by atoms with Crippen LogP contribution in [0.5, 0.6) is 5.75 Å². The molecule has 0 saturated heterocycles. The normalized spacial score (nSPS) is 13.3. The van der Waals surface area contributed by atoms with Crippen LogP contribution in [0.25, 0.3) is 23.0 Å². The summed E-state index contributed by atoms with van der Waals surface area (Å²) < 4.78 is 48.5. The highest BCUT2D eigenvalue weighted by atomic mass is 19.1. The number of benzene rings is 2. The van der Waals surface area contributed by atoms with Gasteiger partial charge in [-0.05, 0) is 55.0 Å². The molecule has 1 unspecified atom stereocenters. The third-order valence-electron chi connectivity index (χ3n) is 5.89.